The van der Waals surface area contributed by atoms with Crippen molar-refractivity contribution >= 4 is 5.78 Å². The number of hydrogen-bond donors (Lipinski definition) is 0. The topological polar surface area (TPSA) is 26.3 Å². The molecule has 1 aromatic rings. The Morgan fingerprint density at radius 1 is 1.56 bits per heavy atom. The van der Waals surface area contributed by atoms with E-state index in [0.717, 1.165) is 6.42 Å². The Balaban J connectivity index is 2.02. The fraction of sp³-hybridized carbons (Fsp3) is 0.462. The van der Waals surface area contributed by atoms with Crippen LogP contribution < -0.4 is 0 Å². The summed E-state index contributed by atoms with van der Waals surface area (Å²) < 4.78 is 18.3. The molecular weight excluding hydrogens is 207 g/mol. The summed E-state index contributed by atoms with van der Waals surface area (Å²) in [6.45, 7) is 2.67. The van der Waals surface area contributed by atoms with E-state index in [0.29, 0.717) is 12.2 Å². The fourth-order valence-corrected chi connectivity index (χ4v) is 2.06. The molecule has 2 nitrogen and oxygen atoms in total. The first-order chi connectivity index (χ1) is 7.66. The van der Waals surface area contributed by atoms with Crippen LogP contribution in [0.5, 0.6) is 0 Å². The van der Waals surface area contributed by atoms with E-state index in [1.165, 1.54) is 12.1 Å². The van der Waals surface area contributed by atoms with Gasteiger partial charge in [-0.1, -0.05) is 19.1 Å². The first-order valence-corrected chi connectivity index (χ1v) is 5.55. The molecule has 0 spiro atoms. The summed E-state index contributed by atoms with van der Waals surface area (Å²) in [5.41, 5.74) is 0.715. The van der Waals surface area contributed by atoms with Crippen LogP contribution in [0.15, 0.2) is 24.3 Å². The number of ketones is 1. The van der Waals surface area contributed by atoms with Gasteiger partial charge in [0.2, 0.25) is 0 Å². The minimum Gasteiger partial charge on any atom is -0.370 e. The highest BCUT2D eigenvalue weighted by Crippen LogP contribution is 2.22. The Labute approximate surface area is 94.4 Å². The zero-order valence-corrected chi connectivity index (χ0v) is 9.28. The maximum atomic E-state index is 12.9. The molecule has 2 atom stereocenters. The predicted molar refractivity (Wildman–Crippen MR) is 58.6 cm³/mol. The van der Waals surface area contributed by atoms with Gasteiger partial charge in [0.25, 0.3) is 0 Å². The summed E-state index contributed by atoms with van der Waals surface area (Å²) >= 11 is 0. The van der Waals surface area contributed by atoms with Crippen LogP contribution in [0.3, 0.4) is 0 Å². The number of hydrogen-bond acceptors (Lipinski definition) is 2. The van der Waals surface area contributed by atoms with Crippen molar-refractivity contribution < 1.29 is 13.9 Å². The average molecular weight is 222 g/mol. The highest BCUT2D eigenvalue weighted by Gasteiger charge is 2.30. The van der Waals surface area contributed by atoms with Gasteiger partial charge in [-0.2, -0.15) is 0 Å². The van der Waals surface area contributed by atoms with E-state index >= 15 is 0 Å². The SMILES string of the molecule is CC1CCOC1C(=O)Cc1cccc(F)c1. The summed E-state index contributed by atoms with van der Waals surface area (Å²) in [7, 11) is 0. The number of carbonyl (C=O) groups excluding carboxylic acids is 1. The molecule has 3 heteroatoms. The Morgan fingerprint density at radius 3 is 3.00 bits per heavy atom. The zero-order valence-electron chi connectivity index (χ0n) is 9.28. The first-order valence-electron chi connectivity index (χ1n) is 5.55. The Morgan fingerprint density at radius 2 is 2.38 bits per heavy atom. The van der Waals surface area contributed by atoms with Crippen LogP contribution in [0, 0.1) is 11.7 Å². The molecule has 1 fully saturated rings. The Kier molecular flexibility index (Phi) is 3.34. The maximum Gasteiger partial charge on any atom is 0.166 e. The molecule has 16 heavy (non-hydrogen) atoms. The van der Waals surface area contributed by atoms with Gasteiger partial charge in [-0.25, -0.2) is 4.39 Å². The quantitative estimate of drug-likeness (QED) is 0.784. The van der Waals surface area contributed by atoms with Gasteiger partial charge >= 0.3 is 0 Å². The molecule has 2 rings (SSSR count). The van der Waals surface area contributed by atoms with Gasteiger partial charge in [0.1, 0.15) is 11.9 Å². The molecule has 86 valence electrons. The molecule has 0 aliphatic carbocycles. The minimum atomic E-state index is -0.303. The molecule has 0 amide bonds. The molecule has 0 bridgehead atoms. The van der Waals surface area contributed by atoms with Crippen LogP contribution in [0.1, 0.15) is 18.9 Å². The van der Waals surface area contributed by atoms with E-state index in [1.807, 2.05) is 6.92 Å². The molecule has 1 aromatic carbocycles. The van der Waals surface area contributed by atoms with Crippen LogP contribution >= 0.6 is 0 Å². The van der Waals surface area contributed by atoms with Crippen molar-refractivity contribution in [2.45, 2.75) is 25.9 Å². The molecule has 1 aliphatic rings. The van der Waals surface area contributed by atoms with Gasteiger partial charge in [0, 0.05) is 13.0 Å². The summed E-state index contributed by atoms with van der Waals surface area (Å²) in [5, 5.41) is 0. The lowest BCUT2D eigenvalue weighted by Crippen LogP contribution is -2.26. The van der Waals surface area contributed by atoms with Gasteiger partial charge in [-0.05, 0) is 30.0 Å². The first kappa shape index (κ1) is 11.3. The molecule has 2 unspecified atom stereocenters. The molecule has 0 N–H and O–H groups in total. The monoisotopic (exact) mass is 222 g/mol. The lowest BCUT2D eigenvalue weighted by molar-refractivity contribution is -0.128. The summed E-state index contributed by atoms with van der Waals surface area (Å²) in [4.78, 5) is 11.9. The lowest BCUT2D eigenvalue weighted by Gasteiger charge is -2.12. The van der Waals surface area contributed by atoms with E-state index < -0.39 is 0 Å². The van der Waals surface area contributed by atoms with Crippen molar-refractivity contribution in [1.29, 1.82) is 0 Å². The summed E-state index contributed by atoms with van der Waals surface area (Å²) in [6, 6.07) is 6.16. The second-order valence-corrected chi connectivity index (χ2v) is 4.33. The van der Waals surface area contributed by atoms with Crippen molar-refractivity contribution in [3.8, 4) is 0 Å². The Hall–Kier alpha value is -1.22. The van der Waals surface area contributed by atoms with Crippen molar-refractivity contribution in [3.05, 3.63) is 35.6 Å². The molecular formula is C13H15FO2. The van der Waals surface area contributed by atoms with E-state index in [1.54, 1.807) is 12.1 Å². The van der Waals surface area contributed by atoms with Crippen molar-refractivity contribution in [1.82, 2.24) is 0 Å². The van der Waals surface area contributed by atoms with E-state index in [-0.39, 0.29) is 30.0 Å². The van der Waals surface area contributed by atoms with Gasteiger partial charge in [-0.3, -0.25) is 4.79 Å². The van der Waals surface area contributed by atoms with Crippen molar-refractivity contribution in [2.24, 2.45) is 5.92 Å². The second kappa shape index (κ2) is 4.74. The third-order valence-corrected chi connectivity index (χ3v) is 2.97. The third kappa shape index (κ3) is 2.47. The van der Waals surface area contributed by atoms with Crippen LogP contribution in [-0.2, 0) is 16.0 Å². The zero-order chi connectivity index (χ0) is 11.5. The smallest absolute Gasteiger partial charge is 0.166 e. The fourth-order valence-electron chi connectivity index (χ4n) is 2.06. The highest BCUT2D eigenvalue weighted by molar-refractivity contribution is 5.85. The number of benzene rings is 1. The normalized spacial score (nSPS) is 24.6. The molecule has 1 saturated heterocycles. The van der Waals surface area contributed by atoms with Crippen LogP contribution in [-0.4, -0.2) is 18.5 Å². The largest absolute Gasteiger partial charge is 0.370 e. The van der Waals surface area contributed by atoms with E-state index in [2.05, 4.69) is 0 Å². The number of ether oxygens (including phenoxy) is 1. The minimum absolute atomic E-state index is 0.0515. The molecule has 1 aliphatic heterocycles. The van der Waals surface area contributed by atoms with E-state index in [9.17, 15) is 9.18 Å². The molecule has 0 radical (unpaired) electrons. The van der Waals surface area contributed by atoms with Gasteiger partial charge < -0.3 is 4.74 Å². The van der Waals surface area contributed by atoms with Gasteiger partial charge in [-0.15, -0.1) is 0 Å². The van der Waals surface area contributed by atoms with E-state index in [4.69, 9.17) is 4.74 Å². The van der Waals surface area contributed by atoms with Crippen molar-refractivity contribution in [3.63, 3.8) is 0 Å². The van der Waals surface area contributed by atoms with Crippen LogP contribution in [0.4, 0.5) is 4.39 Å². The number of carbonyl (C=O) groups is 1. The third-order valence-electron chi connectivity index (χ3n) is 2.97. The molecule has 1 heterocycles. The maximum absolute atomic E-state index is 12.9. The van der Waals surface area contributed by atoms with Gasteiger partial charge in [0.05, 0.1) is 0 Å². The molecule has 0 saturated carbocycles. The predicted octanol–water partition coefficient (Wildman–Crippen LogP) is 2.36. The standard InChI is InChI=1S/C13H15FO2/c1-9-5-6-16-13(9)12(15)8-10-3-2-4-11(14)7-10/h2-4,7,9,13H,5-6,8H2,1H3. The van der Waals surface area contributed by atoms with Crippen LogP contribution in [0.25, 0.3) is 0 Å². The number of halogens is 1. The molecule has 0 aromatic heterocycles. The second-order valence-electron chi connectivity index (χ2n) is 4.33. The lowest BCUT2D eigenvalue weighted by atomic mass is 9.96. The summed E-state index contributed by atoms with van der Waals surface area (Å²) in [6.07, 6.45) is 0.884. The summed E-state index contributed by atoms with van der Waals surface area (Å²) in [5.74, 6) is 0.0300. The number of Topliss-reactive ketones (excluding diaryl/α,β-unsaturated/α-hetero) is 1. The van der Waals surface area contributed by atoms with Crippen LogP contribution in [0.2, 0.25) is 0 Å². The van der Waals surface area contributed by atoms with Crippen molar-refractivity contribution in [2.75, 3.05) is 6.61 Å². The van der Waals surface area contributed by atoms with Gasteiger partial charge in [0.15, 0.2) is 5.78 Å². The Bertz CT molecular complexity index is 389. The average Bonchev–Trinajstić information content (AvgIpc) is 2.64. The highest BCUT2D eigenvalue weighted by atomic mass is 19.1. The number of rotatable bonds is 3.